The molecule has 0 aliphatic rings. The molecule has 0 aliphatic heterocycles. The molecule has 1 aromatic rings. The van der Waals surface area contributed by atoms with Gasteiger partial charge >= 0.3 is 0 Å². The Bertz CT molecular complexity index is 404. The maximum atomic E-state index is 6.30. The Kier molecular flexibility index (Phi) is 9.11. The van der Waals surface area contributed by atoms with E-state index in [1.54, 1.807) is 14.2 Å². The summed E-state index contributed by atoms with van der Waals surface area (Å²) in [6.07, 6.45) is 0.911. The molecule has 0 amide bonds. The number of rotatable bonds is 10. The molecule has 1 rings (SSSR count). The van der Waals surface area contributed by atoms with E-state index >= 15 is 0 Å². The lowest BCUT2D eigenvalue weighted by molar-refractivity contribution is 0.0732. The summed E-state index contributed by atoms with van der Waals surface area (Å²) < 4.78 is 11.5. The summed E-state index contributed by atoms with van der Waals surface area (Å²) in [4.78, 5) is 2.37. The third kappa shape index (κ3) is 6.89. The van der Waals surface area contributed by atoms with Crippen LogP contribution < -0.4 is 5.73 Å². The lowest BCUT2D eigenvalue weighted by Gasteiger charge is -2.29. The van der Waals surface area contributed by atoms with Gasteiger partial charge in [-0.2, -0.15) is 0 Å². The molecule has 0 saturated heterocycles. The zero-order valence-corrected chi connectivity index (χ0v) is 14.8. The van der Waals surface area contributed by atoms with Crippen LogP contribution in [0.1, 0.15) is 24.9 Å². The minimum absolute atomic E-state index is 0.0438. The van der Waals surface area contributed by atoms with Crippen LogP contribution in [0.4, 0.5) is 0 Å². The van der Waals surface area contributed by atoms with E-state index in [0.29, 0.717) is 6.04 Å². The van der Waals surface area contributed by atoms with Crippen molar-refractivity contribution in [1.82, 2.24) is 4.90 Å². The first-order valence-electron chi connectivity index (χ1n) is 7.31. The number of halogens is 1. The Balaban J connectivity index is 2.54. The summed E-state index contributed by atoms with van der Waals surface area (Å²) >= 11 is 3.49. The lowest BCUT2D eigenvalue weighted by atomic mass is 10.0. The fourth-order valence-electron chi connectivity index (χ4n) is 2.32. The van der Waals surface area contributed by atoms with Gasteiger partial charge in [-0.3, -0.25) is 4.90 Å². The van der Waals surface area contributed by atoms with Gasteiger partial charge in [0.15, 0.2) is 0 Å². The number of hydrogen-bond donors (Lipinski definition) is 1. The Morgan fingerprint density at radius 1 is 1.24 bits per heavy atom. The third-order valence-corrected chi connectivity index (χ3v) is 4.11. The van der Waals surface area contributed by atoms with Crippen molar-refractivity contribution in [1.29, 1.82) is 0 Å². The van der Waals surface area contributed by atoms with Gasteiger partial charge in [-0.25, -0.2) is 0 Å². The molecule has 2 atom stereocenters. The molecule has 21 heavy (non-hydrogen) atoms. The summed E-state index contributed by atoms with van der Waals surface area (Å²) in [5, 5.41) is 0. The van der Waals surface area contributed by atoms with Crippen LogP contribution in [-0.4, -0.2) is 51.5 Å². The first-order chi connectivity index (χ1) is 10.1. The molecule has 2 unspecified atom stereocenters. The highest BCUT2D eigenvalue weighted by Gasteiger charge is 2.15. The van der Waals surface area contributed by atoms with Gasteiger partial charge in [0.2, 0.25) is 0 Å². The van der Waals surface area contributed by atoms with E-state index in [2.05, 4.69) is 39.9 Å². The molecule has 0 aliphatic carbocycles. The van der Waals surface area contributed by atoms with Crippen molar-refractivity contribution in [3.8, 4) is 0 Å². The number of nitrogens with zero attached hydrogens (tertiary/aromatic N) is 1. The number of methoxy groups -OCH3 is 2. The van der Waals surface area contributed by atoms with Crippen molar-refractivity contribution in [2.45, 2.75) is 25.4 Å². The van der Waals surface area contributed by atoms with E-state index in [4.69, 9.17) is 15.2 Å². The largest absolute Gasteiger partial charge is 0.383 e. The molecule has 5 heteroatoms. The molecule has 1 aromatic carbocycles. The summed E-state index contributed by atoms with van der Waals surface area (Å²) in [6, 6.07) is 8.61. The molecule has 4 nitrogen and oxygen atoms in total. The van der Waals surface area contributed by atoms with E-state index in [9.17, 15) is 0 Å². The van der Waals surface area contributed by atoms with Gasteiger partial charge < -0.3 is 15.2 Å². The highest BCUT2D eigenvalue weighted by molar-refractivity contribution is 9.10. The molecule has 0 aromatic heterocycles. The Morgan fingerprint density at radius 3 is 2.62 bits per heavy atom. The standard InChI is InChI=1S/C16H27BrN2O2/c1-13(12-21-3)19(9-10-20-2)8-7-16(18)14-5-4-6-15(17)11-14/h4-6,11,13,16H,7-10,12,18H2,1-3H3. The molecule has 0 fully saturated rings. The number of benzene rings is 1. The van der Waals surface area contributed by atoms with Crippen LogP contribution in [0, 0.1) is 0 Å². The zero-order chi connectivity index (χ0) is 15.7. The molecule has 0 saturated carbocycles. The Morgan fingerprint density at radius 2 is 2.00 bits per heavy atom. The molecule has 0 radical (unpaired) electrons. The van der Waals surface area contributed by atoms with Crippen molar-refractivity contribution >= 4 is 15.9 Å². The topological polar surface area (TPSA) is 47.7 Å². The molecular formula is C16H27BrN2O2. The fourth-order valence-corrected chi connectivity index (χ4v) is 2.73. The van der Waals surface area contributed by atoms with Crippen LogP contribution in [0.5, 0.6) is 0 Å². The van der Waals surface area contributed by atoms with E-state index in [1.807, 2.05) is 12.1 Å². The number of ether oxygens (including phenoxy) is 2. The van der Waals surface area contributed by atoms with Gasteiger partial charge in [-0.1, -0.05) is 28.1 Å². The number of hydrogen-bond acceptors (Lipinski definition) is 4. The first kappa shape index (κ1) is 18.6. The van der Waals surface area contributed by atoms with Gasteiger partial charge in [-0.05, 0) is 31.0 Å². The second-order valence-electron chi connectivity index (χ2n) is 5.28. The van der Waals surface area contributed by atoms with Crippen LogP contribution in [0.3, 0.4) is 0 Å². The summed E-state index contributed by atoms with van der Waals surface area (Å²) in [7, 11) is 3.46. The van der Waals surface area contributed by atoms with Gasteiger partial charge in [0.25, 0.3) is 0 Å². The lowest BCUT2D eigenvalue weighted by Crippen LogP contribution is -2.40. The van der Waals surface area contributed by atoms with Crippen LogP contribution in [-0.2, 0) is 9.47 Å². The average Bonchev–Trinajstić information content (AvgIpc) is 2.47. The van der Waals surface area contributed by atoms with Crippen molar-refractivity contribution in [3.63, 3.8) is 0 Å². The maximum Gasteiger partial charge on any atom is 0.0615 e. The number of nitrogens with two attached hydrogens (primary N) is 1. The second kappa shape index (κ2) is 10.3. The highest BCUT2D eigenvalue weighted by atomic mass is 79.9. The minimum atomic E-state index is 0.0438. The van der Waals surface area contributed by atoms with E-state index < -0.39 is 0 Å². The molecule has 0 heterocycles. The average molecular weight is 359 g/mol. The highest BCUT2D eigenvalue weighted by Crippen LogP contribution is 2.19. The van der Waals surface area contributed by atoms with Crippen LogP contribution >= 0.6 is 15.9 Å². The molecule has 2 N–H and O–H groups in total. The predicted molar refractivity (Wildman–Crippen MR) is 90.5 cm³/mol. The first-order valence-corrected chi connectivity index (χ1v) is 8.10. The van der Waals surface area contributed by atoms with Gasteiger partial charge in [0.05, 0.1) is 13.2 Å². The summed E-state index contributed by atoms with van der Waals surface area (Å²) in [6.45, 7) is 5.44. The van der Waals surface area contributed by atoms with Crippen molar-refractivity contribution in [3.05, 3.63) is 34.3 Å². The van der Waals surface area contributed by atoms with Crippen LogP contribution in [0.25, 0.3) is 0 Å². The predicted octanol–water partition coefficient (Wildman–Crippen LogP) is 2.82. The zero-order valence-electron chi connectivity index (χ0n) is 13.2. The molecule has 0 spiro atoms. The molecular weight excluding hydrogens is 332 g/mol. The van der Waals surface area contributed by atoms with E-state index in [0.717, 1.165) is 42.8 Å². The van der Waals surface area contributed by atoms with Gasteiger partial charge in [0, 0.05) is 43.9 Å². The van der Waals surface area contributed by atoms with E-state index in [-0.39, 0.29) is 6.04 Å². The van der Waals surface area contributed by atoms with Crippen molar-refractivity contribution in [2.75, 3.05) is 40.5 Å². The Labute approximate surface area is 136 Å². The SMILES string of the molecule is COCCN(CCC(N)c1cccc(Br)c1)C(C)COC. The monoisotopic (exact) mass is 358 g/mol. The van der Waals surface area contributed by atoms with Gasteiger partial charge in [-0.15, -0.1) is 0 Å². The fraction of sp³-hybridized carbons (Fsp3) is 0.625. The van der Waals surface area contributed by atoms with Crippen molar-refractivity contribution in [2.24, 2.45) is 5.73 Å². The third-order valence-electron chi connectivity index (χ3n) is 3.62. The molecule has 0 bridgehead atoms. The quantitative estimate of drug-likeness (QED) is 0.698. The van der Waals surface area contributed by atoms with Crippen LogP contribution in [0.2, 0.25) is 0 Å². The van der Waals surface area contributed by atoms with E-state index in [1.165, 1.54) is 0 Å². The smallest absolute Gasteiger partial charge is 0.0615 e. The molecule has 120 valence electrons. The summed E-state index contributed by atoms with van der Waals surface area (Å²) in [5.74, 6) is 0. The van der Waals surface area contributed by atoms with Gasteiger partial charge in [0.1, 0.15) is 0 Å². The second-order valence-corrected chi connectivity index (χ2v) is 6.20. The van der Waals surface area contributed by atoms with Crippen LogP contribution in [0.15, 0.2) is 28.7 Å². The van der Waals surface area contributed by atoms with Crippen molar-refractivity contribution < 1.29 is 9.47 Å². The minimum Gasteiger partial charge on any atom is -0.383 e. The summed E-state index contributed by atoms with van der Waals surface area (Å²) in [5.41, 5.74) is 7.47. The normalized spacial score (nSPS) is 14.4. The Hall–Kier alpha value is -0.460. The maximum absolute atomic E-state index is 6.30.